The van der Waals surface area contributed by atoms with E-state index >= 15 is 0 Å². The maximum atomic E-state index is 13.2. The summed E-state index contributed by atoms with van der Waals surface area (Å²) in [7, 11) is 0. The van der Waals surface area contributed by atoms with E-state index in [1.165, 1.54) is 12.1 Å². The first-order valence-electron chi connectivity index (χ1n) is 6.41. The van der Waals surface area contributed by atoms with Crippen molar-refractivity contribution in [3.63, 3.8) is 0 Å². The SMILES string of the molecule is Cc1sc2nc(Cc3cc(F)cc(F)c3)nc(N)c2c1C. The van der Waals surface area contributed by atoms with E-state index in [0.29, 0.717) is 17.2 Å². The Morgan fingerprint density at radius 1 is 1.10 bits per heavy atom. The van der Waals surface area contributed by atoms with Crippen LogP contribution in [0.2, 0.25) is 0 Å². The second-order valence-electron chi connectivity index (χ2n) is 4.94. The van der Waals surface area contributed by atoms with E-state index in [0.717, 1.165) is 26.7 Å². The summed E-state index contributed by atoms with van der Waals surface area (Å²) >= 11 is 1.54. The van der Waals surface area contributed by atoms with Crippen molar-refractivity contribution in [1.29, 1.82) is 0 Å². The average molecular weight is 305 g/mol. The van der Waals surface area contributed by atoms with Crippen molar-refractivity contribution < 1.29 is 8.78 Å². The Hall–Kier alpha value is -2.08. The quantitative estimate of drug-likeness (QED) is 0.784. The van der Waals surface area contributed by atoms with Gasteiger partial charge in [0, 0.05) is 17.4 Å². The van der Waals surface area contributed by atoms with Crippen molar-refractivity contribution in [1.82, 2.24) is 9.97 Å². The highest BCUT2D eigenvalue weighted by molar-refractivity contribution is 7.18. The fourth-order valence-electron chi connectivity index (χ4n) is 2.30. The van der Waals surface area contributed by atoms with E-state index in [1.54, 1.807) is 11.3 Å². The Morgan fingerprint density at radius 2 is 1.76 bits per heavy atom. The van der Waals surface area contributed by atoms with E-state index in [1.807, 2.05) is 13.8 Å². The van der Waals surface area contributed by atoms with E-state index in [4.69, 9.17) is 5.73 Å². The molecule has 0 aliphatic carbocycles. The van der Waals surface area contributed by atoms with Crippen molar-refractivity contribution >= 4 is 27.4 Å². The van der Waals surface area contributed by atoms with Crippen molar-refractivity contribution in [3.05, 3.63) is 51.7 Å². The van der Waals surface area contributed by atoms with Gasteiger partial charge < -0.3 is 5.73 Å². The molecule has 3 nitrogen and oxygen atoms in total. The summed E-state index contributed by atoms with van der Waals surface area (Å²) in [5, 5.41) is 0.867. The molecule has 6 heteroatoms. The van der Waals surface area contributed by atoms with Gasteiger partial charge in [0.05, 0.1) is 5.39 Å². The predicted molar refractivity (Wildman–Crippen MR) is 80.5 cm³/mol. The Labute approximate surface area is 124 Å². The van der Waals surface area contributed by atoms with Crippen LogP contribution in [0.3, 0.4) is 0 Å². The largest absolute Gasteiger partial charge is 0.383 e. The van der Waals surface area contributed by atoms with Crippen LogP contribution in [0.15, 0.2) is 18.2 Å². The summed E-state index contributed by atoms with van der Waals surface area (Å²) in [6.07, 6.45) is 0.241. The molecule has 0 saturated carbocycles. The second kappa shape index (κ2) is 5.04. The number of rotatable bonds is 2. The number of hydrogen-bond donors (Lipinski definition) is 1. The Morgan fingerprint density at radius 3 is 2.43 bits per heavy atom. The molecule has 2 heterocycles. The van der Waals surface area contributed by atoms with Gasteiger partial charge in [-0.15, -0.1) is 11.3 Å². The van der Waals surface area contributed by atoms with Gasteiger partial charge in [-0.1, -0.05) is 0 Å². The van der Waals surface area contributed by atoms with Gasteiger partial charge in [-0.3, -0.25) is 0 Å². The van der Waals surface area contributed by atoms with Gasteiger partial charge in [-0.2, -0.15) is 0 Å². The predicted octanol–water partition coefficient (Wildman–Crippen LogP) is 3.76. The highest BCUT2D eigenvalue weighted by Gasteiger charge is 2.13. The number of aromatic nitrogens is 2. The number of nitrogen functional groups attached to an aromatic ring is 1. The molecule has 0 unspecified atom stereocenters. The normalized spacial score (nSPS) is 11.2. The Bertz CT molecular complexity index is 822. The van der Waals surface area contributed by atoms with Gasteiger partial charge in [-0.05, 0) is 37.1 Å². The number of thiophene rings is 1. The molecule has 0 saturated heterocycles. The molecule has 0 radical (unpaired) electrons. The molecule has 2 N–H and O–H groups in total. The van der Waals surface area contributed by atoms with E-state index < -0.39 is 11.6 Å². The van der Waals surface area contributed by atoms with Crippen LogP contribution >= 0.6 is 11.3 Å². The number of benzene rings is 1. The number of nitrogens with zero attached hydrogens (tertiary/aromatic N) is 2. The molecule has 0 aliphatic heterocycles. The average Bonchev–Trinajstić information content (AvgIpc) is 2.63. The van der Waals surface area contributed by atoms with Gasteiger partial charge in [0.25, 0.3) is 0 Å². The van der Waals surface area contributed by atoms with Gasteiger partial charge in [0.15, 0.2) is 0 Å². The first-order chi connectivity index (χ1) is 9.94. The van der Waals surface area contributed by atoms with Crippen molar-refractivity contribution in [2.24, 2.45) is 0 Å². The van der Waals surface area contributed by atoms with Crippen LogP contribution in [0.4, 0.5) is 14.6 Å². The van der Waals surface area contributed by atoms with Crippen LogP contribution in [0.1, 0.15) is 21.8 Å². The lowest BCUT2D eigenvalue weighted by Gasteiger charge is -2.04. The van der Waals surface area contributed by atoms with E-state index in [-0.39, 0.29) is 6.42 Å². The van der Waals surface area contributed by atoms with Crippen LogP contribution < -0.4 is 5.73 Å². The zero-order chi connectivity index (χ0) is 15.1. The maximum Gasteiger partial charge on any atom is 0.136 e. The molecular formula is C15H13F2N3S. The number of fused-ring (bicyclic) bond motifs is 1. The lowest BCUT2D eigenvalue weighted by Crippen LogP contribution is -2.02. The maximum absolute atomic E-state index is 13.2. The summed E-state index contributed by atoms with van der Waals surface area (Å²) in [6, 6.07) is 3.39. The first-order valence-corrected chi connectivity index (χ1v) is 7.22. The van der Waals surface area contributed by atoms with Crippen molar-refractivity contribution in [2.45, 2.75) is 20.3 Å². The number of anilines is 1. The van der Waals surface area contributed by atoms with Crippen LogP contribution in [-0.2, 0) is 6.42 Å². The van der Waals surface area contributed by atoms with Crippen LogP contribution in [0, 0.1) is 25.5 Å². The lowest BCUT2D eigenvalue weighted by atomic mass is 10.1. The fourth-order valence-corrected chi connectivity index (χ4v) is 3.36. The lowest BCUT2D eigenvalue weighted by molar-refractivity contribution is 0.580. The number of nitrogens with two attached hydrogens (primary N) is 1. The zero-order valence-corrected chi connectivity index (χ0v) is 12.4. The minimum absolute atomic E-state index is 0.241. The van der Waals surface area contributed by atoms with E-state index in [9.17, 15) is 8.78 Å². The molecule has 3 aromatic rings. The molecule has 0 atom stereocenters. The highest BCUT2D eigenvalue weighted by atomic mass is 32.1. The smallest absolute Gasteiger partial charge is 0.136 e. The minimum atomic E-state index is -0.609. The zero-order valence-electron chi connectivity index (χ0n) is 11.6. The summed E-state index contributed by atoms with van der Waals surface area (Å²) in [5.74, 6) is -0.344. The molecule has 3 rings (SSSR count). The molecule has 21 heavy (non-hydrogen) atoms. The molecule has 0 aliphatic rings. The van der Waals surface area contributed by atoms with Crippen LogP contribution in [0.5, 0.6) is 0 Å². The summed E-state index contributed by atoms with van der Waals surface area (Å²) in [4.78, 5) is 10.7. The molecule has 0 bridgehead atoms. The molecule has 108 valence electrons. The van der Waals surface area contributed by atoms with Crippen molar-refractivity contribution in [2.75, 3.05) is 5.73 Å². The molecule has 0 spiro atoms. The van der Waals surface area contributed by atoms with Gasteiger partial charge in [0.2, 0.25) is 0 Å². The van der Waals surface area contributed by atoms with Gasteiger partial charge in [-0.25, -0.2) is 18.7 Å². The third-order valence-corrected chi connectivity index (χ3v) is 4.49. The van der Waals surface area contributed by atoms with Crippen LogP contribution in [-0.4, -0.2) is 9.97 Å². The van der Waals surface area contributed by atoms with Gasteiger partial charge >= 0.3 is 0 Å². The highest BCUT2D eigenvalue weighted by Crippen LogP contribution is 2.32. The Balaban J connectivity index is 2.05. The summed E-state index contributed by atoms with van der Waals surface area (Å²) < 4.78 is 26.4. The summed E-state index contributed by atoms with van der Waals surface area (Å²) in [5.41, 5.74) is 7.55. The second-order valence-corrected chi connectivity index (χ2v) is 6.15. The molecule has 0 fully saturated rings. The minimum Gasteiger partial charge on any atom is -0.383 e. The molecular weight excluding hydrogens is 292 g/mol. The molecule has 1 aromatic carbocycles. The fraction of sp³-hybridized carbons (Fsp3) is 0.200. The standard InChI is InChI=1S/C15H13F2N3S/c1-7-8(2)21-15-13(7)14(18)19-12(20-15)5-9-3-10(16)6-11(17)4-9/h3-4,6H,5H2,1-2H3,(H2,18,19,20). The van der Waals surface area contributed by atoms with Gasteiger partial charge in [0.1, 0.15) is 28.1 Å². The first kappa shape index (κ1) is 13.9. The molecule has 0 amide bonds. The van der Waals surface area contributed by atoms with Crippen molar-refractivity contribution in [3.8, 4) is 0 Å². The topological polar surface area (TPSA) is 51.8 Å². The monoisotopic (exact) mass is 305 g/mol. The molecule has 2 aromatic heterocycles. The third kappa shape index (κ3) is 2.58. The van der Waals surface area contributed by atoms with Crippen LogP contribution in [0.25, 0.3) is 10.2 Å². The number of hydrogen-bond acceptors (Lipinski definition) is 4. The third-order valence-electron chi connectivity index (χ3n) is 3.39. The Kier molecular flexibility index (Phi) is 3.33. The summed E-state index contributed by atoms with van der Waals surface area (Å²) in [6.45, 7) is 3.98. The number of aryl methyl sites for hydroxylation is 2. The number of halogens is 2. The van der Waals surface area contributed by atoms with E-state index in [2.05, 4.69) is 9.97 Å².